The molecule has 1 aromatic carbocycles. The first-order valence-corrected chi connectivity index (χ1v) is 7.96. The fraction of sp³-hybridized carbons (Fsp3) is 0.188. The fourth-order valence-electron chi connectivity index (χ4n) is 2.28. The molecule has 1 N–H and O–H groups in total. The minimum Gasteiger partial charge on any atom is -0.384 e. The highest BCUT2D eigenvalue weighted by Crippen LogP contribution is 2.35. The average molecular weight is 348 g/mol. The quantitative estimate of drug-likeness (QED) is 0.756. The van der Waals surface area contributed by atoms with Crippen molar-refractivity contribution < 1.29 is 5.11 Å². The number of benzene rings is 1. The van der Waals surface area contributed by atoms with Crippen molar-refractivity contribution in [3.63, 3.8) is 0 Å². The van der Waals surface area contributed by atoms with E-state index in [4.69, 9.17) is 0 Å². The van der Waals surface area contributed by atoms with Crippen LogP contribution in [-0.4, -0.2) is 10.1 Å². The summed E-state index contributed by atoms with van der Waals surface area (Å²) >= 11 is 5.06. The normalized spacial score (nSPS) is 14.3. The third kappa shape index (κ3) is 2.77. The average Bonchev–Trinajstić information content (AvgIpc) is 2.82. The molecular weight excluding hydrogens is 334 g/mol. The van der Waals surface area contributed by atoms with E-state index in [0.717, 1.165) is 14.9 Å². The molecule has 2 nitrogen and oxygen atoms in total. The molecule has 0 aliphatic rings. The third-order valence-corrected chi connectivity index (χ3v) is 5.07. The van der Waals surface area contributed by atoms with Crippen LogP contribution in [0.1, 0.15) is 17.4 Å². The Labute approximate surface area is 130 Å². The molecule has 4 heteroatoms. The number of halogens is 1. The largest absolute Gasteiger partial charge is 0.384 e. The van der Waals surface area contributed by atoms with Gasteiger partial charge in [-0.05, 0) is 52.0 Å². The van der Waals surface area contributed by atoms with Gasteiger partial charge in [0.2, 0.25) is 0 Å². The van der Waals surface area contributed by atoms with Crippen LogP contribution in [0, 0.1) is 0 Å². The molecule has 2 heterocycles. The number of aliphatic hydroxyl groups is 1. The molecule has 0 spiro atoms. The second-order valence-electron chi connectivity index (χ2n) is 5.11. The zero-order chi connectivity index (χ0) is 14.2. The molecule has 1 unspecified atom stereocenters. The maximum Gasteiger partial charge on any atom is 0.100 e. The van der Waals surface area contributed by atoms with Crippen molar-refractivity contribution in [3.8, 4) is 0 Å². The predicted octanol–water partition coefficient (Wildman–Crippen LogP) is 4.51. The van der Waals surface area contributed by atoms with Gasteiger partial charge >= 0.3 is 0 Å². The molecule has 0 radical (unpaired) electrons. The lowest BCUT2D eigenvalue weighted by Gasteiger charge is -2.21. The Hall–Kier alpha value is -1.23. The predicted molar refractivity (Wildman–Crippen MR) is 87.0 cm³/mol. The van der Waals surface area contributed by atoms with Crippen molar-refractivity contribution in [2.24, 2.45) is 0 Å². The van der Waals surface area contributed by atoms with E-state index >= 15 is 0 Å². The van der Waals surface area contributed by atoms with Gasteiger partial charge in [0, 0.05) is 32.9 Å². The van der Waals surface area contributed by atoms with Crippen molar-refractivity contribution >= 4 is 37.4 Å². The summed E-state index contributed by atoms with van der Waals surface area (Å²) in [6, 6.07) is 12.3. The Morgan fingerprint density at radius 3 is 2.80 bits per heavy atom. The first-order chi connectivity index (χ1) is 9.54. The molecule has 0 fully saturated rings. The van der Waals surface area contributed by atoms with E-state index in [2.05, 4.69) is 39.1 Å². The van der Waals surface area contributed by atoms with E-state index in [-0.39, 0.29) is 0 Å². The Bertz CT molecular complexity index is 718. The van der Waals surface area contributed by atoms with Gasteiger partial charge in [0.25, 0.3) is 0 Å². The lowest BCUT2D eigenvalue weighted by atomic mass is 9.95. The first kappa shape index (κ1) is 13.7. The second kappa shape index (κ2) is 5.28. The second-order valence-corrected chi connectivity index (χ2v) is 7.11. The van der Waals surface area contributed by atoms with Crippen molar-refractivity contribution in [2.75, 3.05) is 0 Å². The van der Waals surface area contributed by atoms with E-state index in [1.54, 1.807) is 23.7 Å². The highest BCUT2D eigenvalue weighted by Gasteiger charge is 2.26. The number of fused-ring (bicyclic) bond motifs is 1. The van der Waals surface area contributed by atoms with Crippen molar-refractivity contribution in [3.05, 3.63) is 63.7 Å². The van der Waals surface area contributed by atoms with Crippen LogP contribution in [0.2, 0.25) is 0 Å². The lowest BCUT2D eigenvalue weighted by Crippen LogP contribution is -2.22. The SMILES string of the molecule is CC(O)(Cc1cncc(Br)c1)c1cc2ccccc2s1. The number of nitrogens with zero attached hydrogens (tertiary/aromatic N) is 1. The molecule has 0 saturated carbocycles. The number of rotatable bonds is 3. The maximum atomic E-state index is 10.8. The number of thiophene rings is 1. The Morgan fingerprint density at radius 2 is 2.05 bits per heavy atom. The lowest BCUT2D eigenvalue weighted by molar-refractivity contribution is 0.0615. The number of aromatic nitrogens is 1. The molecule has 0 aliphatic heterocycles. The summed E-state index contributed by atoms with van der Waals surface area (Å²) < 4.78 is 2.14. The van der Waals surface area contributed by atoms with Crippen LogP contribution < -0.4 is 0 Å². The summed E-state index contributed by atoms with van der Waals surface area (Å²) in [7, 11) is 0. The molecule has 0 amide bonds. The van der Waals surface area contributed by atoms with Gasteiger partial charge in [-0.2, -0.15) is 0 Å². The minimum atomic E-state index is -0.883. The van der Waals surface area contributed by atoms with Gasteiger partial charge < -0.3 is 5.11 Å². The highest BCUT2D eigenvalue weighted by atomic mass is 79.9. The Morgan fingerprint density at radius 1 is 1.25 bits per heavy atom. The van der Waals surface area contributed by atoms with Crippen LogP contribution in [0.15, 0.2) is 53.3 Å². The maximum absolute atomic E-state index is 10.8. The first-order valence-electron chi connectivity index (χ1n) is 6.35. The summed E-state index contributed by atoms with van der Waals surface area (Å²) in [5.74, 6) is 0. The molecular formula is C16H14BrNOS. The summed E-state index contributed by atoms with van der Waals surface area (Å²) in [4.78, 5) is 5.14. The van der Waals surface area contributed by atoms with Gasteiger partial charge in [0.05, 0.1) is 0 Å². The van der Waals surface area contributed by atoms with Crippen LogP contribution in [-0.2, 0) is 12.0 Å². The molecule has 0 bridgehead atoms. The molecule has 2 aromatic heterocycles. The molecule has 0 aliphatic carbocycles. The fourth-order valence-corrected chi connectivity index (χ4v) is 3.80. The van der Waals surface area contributed by atoms with Crippen molar-refractivity contribution in [1.29, 1.82) is 0 Å². The zero-order valence-corrected chi connectivity index (χ0v) is 13.4. The van der Waals surface area contributed by atoms with Crippen molar-refractivity contribution in [2.45, 2.75) is 18.9 Å². The standard InChI is InChI=1S/C16H14BrNOS/c1-16(19,8-11-6-13(17)10-18-9-11)15-7-12-4-2-3-5-14(12)20-15/h2-7,9-10,19H,8H2,1H3. The summed E-state index contributed by atoms with van der Waals surface area (Å²) in [5, 5.41) is 12.0. The van der Waals surface area contributed by atoms with Crippen LogP contribution in [0.5, 0.6) is 0 Å². The molecule has 102 valence electrons. The van der Waals surface area contributed by atoms with Gasteiger partial charge in [-0.3, -0.25) is 4.98 Å². The van der Waals surface area contributed by atoms with Crippen LogP contribution >= 0.6 is 27.3 Å². The topological polar surface area (TPSA) is 33.1 Å². The Kier molecular flexibility index (Phi) is 3.63. The van der Waals surface area contributed by atoms with E-state index in [1.807, 2.05) is 25.1 Å². The van der Waals surface area contributed by atoms with Crippen LogP contribution in [0.4, 0.5) is 0 Å². The summed E-state index contributed by atoms with van der Waals surface area (Å²) in [5.41, 5.74) is 0.133. The Balaban J connectivity index is 1.94. The van der Waals surface area contributed by atoms with Gasteiger partial charge in [-0.1, -0.05) is 18.2 Å². The molecule has 0 saturated heterocycles. The zero-order valence-electron chi connectivity index (χ0n) is 11.0. The number of pyridine rings is 1. The molecule has 20 heavy (non-hydrogen) atoms. The van der Waals surface area contributed by atoms with E-state index < -0.39 is 5.60 Å². The van der Waals surface area contributed by atoms with Crippen LogP contribution in [0.25, 0.3) is 10.1 Å². The summed E-state index contributed by atoms with van der Waals surface area (Å²) in [6.07, 6.45) is 4.09. The van der Waals surface area contributed by atoms with E-state index in [0.29, 0.717) is 6.42 Å². The number of hydrogen-bond donors (Lipinski definition) is 1. The van der Waals surface area contributed by atoms with Crippen molar-refractivity contribution in [1.82, 2.24) is 4.98 Å². The molecule has 3 rings (SSSR count). The van der Waals surface area contributed by atoms with Gasteiger partial charge in [0.15, 0.2) is 0 Å². The van der Waals surface area contributed by atoms with Gasteiger partial charge in [-0.25, -0.2) is 0 Å². The molecule has 1 atom stereocenters. The minimum absolute atomic E-state index is 0.548. The smallest absolute Gasteiger partial charge is 0.100 e. The number of hydrogen-bond acceptors (Lipinski definition) is 3. The molecule has 3 aromatic rings. The third-order valence-electron chi connectivity index (χ3n) is 3.27. The van der Waals surface area contributed by atoms with E-state index in [1.165, 1.54) is 10.1 Å². The highest BCUT2D eigenvalue weighted by molar-refractivity contribution is 9.10. The monoisotopic (exact) mass is 347 g/mol. The van der Waals surface area contributed by atoms with Crippen LogP contribution in [0.3, 0.4) is 0 Å². The van der Waals surface area contributed by atoms with Gasteiger partial charge in [-0.15, -0.1) is 11.3 Å². The van der Waals surface area contributed by atoms with Gasteiger partial charge in [0.1, 0.15) is 5.60 Å². The van der Waals surface area contributed by atoms with E-state index in [9.17, 15) is 5.11 Å². The summed E-state index contributed by atoms with van der Waals surface area (Å²) in [6.45, 7) is 1.86.